The minimum Gasteiger partial charge on any atom is -0.457 e. The summed E-state index contributed by atoms with van der Waals surface area (Å²) in [5.41, 5.74) is 3.79. The van der Waals surface area contributed by atoms with E-state index in [0.717, 1.165) is 54.3 Å². The summed E-state index contributed by atoms with van der Waals surface area (Å²) in [6.45, 7) is -0.0725. The normalized spacial score (nSPS) is 13.9. The highest BCUT2D eigenvalue weighted by molar-refractivity contribution is 6.05. The molecule has 1 aromatic heterocycles. The molecule has 1 heterocycles. The Hall–Kier alpha value is -2.75. The highest BCUT2D eigenvalue weighted by Crippen LogP contribution is 2.29. The van der Waals surface area contributed by atoms with Crippen molar-refractivity contribution in [2.75, 3.05) is 0 Å². The number of aromatic nitrogens is 1. The third kappa shape index (κ3) is 3.19. The molecule has 0 radical (unpaired) electrons. The van der Waals surface area contributed by atoms with Crippen molar-refractivity contribution in [3.05, 3.63) is 76.7 Å². The molecular weight excluding hydrogens is 329 g/mol. The third-order valence-electron chi connectivity index (χ3n) is 4.94. The summed E-state index contributed by atoms with van der Waals surface area (Å²) in [6.07, 6.45) is 4.98. The molecule has 1 aliphatic rings. The molecule has 0 aliphatic heterocycles. The molecule has 0 saturated heterocycles. The summed E-state index contributed by atoms with van der Waals surface area (Å²) in [7, 11) is 0. The van der Waals surface area contributed by atoms with Crippen LogP contribution in [-0.2, 0) is 24.2 Å². The van der Waals surface area contributed by atoms with Gasteiger partial charge in [-0.25, -0.2) is 9.18 Å². The van der Waals surface area contributed by atoms with Gasteiger partial charge in [-0.15, -0.1) is 0 Å². The van der Waals surface area contributed by atoms with Crippen molar-refractivity contribution in [3.8, 4) is 0 Å². The van der Waals surface area contributed by atoms with Gasteiger partial charge < -0.3 is 4.74 Å². The van der Waals surface area contributed by atoms with Crippen LogP contribution in [0.15, 0.2) is 48.5 Å². The molecule has 0 spiro atoms. The maximum Gasteiger partial charge on any atom is 0.339 e. The van der Waals surface area contributed by atoms with E-state index in [4.69, 9.17) is 9.72 Å². The molecule has 0 fully saturated rings. The van der Waals surface area contributed by atoms with Crippen LogP contribution in [0.3, 0.4) is 0 Å². The molecule has 0 saturated carbocycles. The molecule has 0 N–H and O–H groups in total. The zero-order chi connectivity index (χ0) is 17.9. The van der Waals surface area contributed by atoms with Gasteiger partial charge in [0.2, 0.25) is 0 Å². The van der Waals surface area contributed by atoms with Gasteiger partial charge in [-0.3, -0.25) is 4.98 Å². The summed E-state index contributed by atoms with van der Waals surface area (Å²) >= 11 is 0. The summed E-state index contributed by atoms with van der Waals surface area (Å²) in [5.74, 6) is -0.760. The monoisotopic (exact) mass is 349 g/mol. The first kappa shape index (κ1) is 16.7. The molecule has 0 bridgehead atoms. The van der Waals surface area contributed by atoms with E-state index in [1.807, 2.05) is 24.3 Å². The molecule has 26 heavy (non-hydrogen) atoms. The predicted molar refractivity (Wildman–Crippen MR) is 98.5 cm³/mol. The Labute approximate surface area is 151 Å². The Morgan fingerprint density at radius 3 is 2.65 bits per heavy atom. The number of hydrogen-bond acceptors (Lipinski definition) is 3. The molecule has 0 unspecified atom stereocenters. The number of halogens is 1. The lowest BCUT2D eigenvalue weighted by molar-refractivity contribution is 0.0470. The van der Waals surface area contributed by atoms with Crippen molar-refractivity contribution in [1.29, 1.82) is 0 Å². The third-order valence-corrected chi connectivity index (χ3v) is 4.94. The van der Waals surface area contributed by atoms with Gasteiger partial charge >= 0.3 is 5.97 Å². The largest absolute Gasteiger partial charge is 0.457 e. The van der Waals surface area contributed by atoms with E-state index >= 15 is 0 Å². The van der Waals surface area contributed by atoms with Gasteiger partial charge in [-0.05, 0) is 43.4 Å². The van der Waals surface area contributed by atoms with Crippen molar-refractivity contribution >= 4 is 16.9 Å². The van der Waals surface area contributed by atoms with E-state index in [1.54, 1.807) is 18.2 Å². The van der Waals surface area contributed by atoms with Crippen molar-refractivity contribution in [2.24, 2.45) is 0 Å². The zero-order valence-corrected chi connectivity index (χ0v) is 14.5. The van der Waals surface area contributed by atoms with Crippen molar-refractivity contribution in [3.63, 3.8) is 0 Å². The molecule has 3 nitrogen and oxygen atoms in total. The first-order valence-corrected chi connectivity index (χ1v) is 9.05. The standard InChI is InChI=1S/C22H20FNO2/c23-18-11-6-4-8-15(18)14-26-22(25)21-16-9-2-1-3-12-19(16)24-20-13-7-5-10-17(20)21/h4-8,10-11,13H,1-3,9,12,14H2. The lowest BCUT2D eigenvalue weighted by Gasteiger charge is -2.15. The van der Waals surface area contributed by atoms with E-state index in [0.29, 0.717) is 11.1 Å². The van der Waals surface area contributed by atoms with Gasteiger partial charge in [0, 0.05) is 16.6 Å². The lowest BCUT2D eigenvalue weighted by Crippen LogP contribution is -2.13. The van der Waals surface area contributed by atoms with Crippen LogP contribution in [0.2, 0.25) is 0 Å². The number of nitrogens with zero attached hydrogens (tertiary/aromatic N) is 1. The Morgan fingerprint density at radius 1 is 1.00 bits per heavy atom. The van der Waals surface area contributed by atoms with Crippen LogP contribution in [0.4, 0.5) is 4.39 Å². The Bertz CT molecular complexity index is 968. The predicted octanol–water partition coefficient (Wildman–Crippen LogP) is 5.00. The SMILES string of the molecule is O=C(OCc1ccccc1F)c1c2c(nc3ccccc13)CCCCC2. The highest BCUT2D eigenvalue weighted by Gasteiger charge is 2.23. The smallest absolute Gasteiger partial charge is 0.339 e. The first-order valence-electron chi connectivity index (χ1n) is 9.05. The van der Waals surface area contributed by atoms with Crippen LogP contribution < -0.4 is 0 Å². The van der Waals surface area contributed by atoms with Gasteiger partial charge in [0.15, 0.2) is 0 Å². The number of ether oxygens (including phenoxy) is 1. The molecule has 3 aromatic rings. The number of fused-ring (bicyclic) bond motifs is 2. The van der Waals surface area contributed by atoms with Crippen LogP contribution in [-0.4, -0.2) is 11.0 Å². The number of rotatable bonds is 3. The Morgan fingerprint density at radius 2 is 1.77 bits per heavy atom. The fraction of sp³-hybridized carbons (Fsp3) is 0.273. The number of esters is 1. The molecule has 132 valence electrons. The summed E-state index contributed by atoms with van der Waals surface area (Å²) < 4.78 is 19.3. The van der Waals surface area contributed by atoms with Gasteiger partial charge in [-0.1, -0.05) is 42.8 Å². The van der Waals surface area contributed by atoms with E-state index in [9.17, 15) is 9.18 Å². The zero-order valence-electron chi connectivity index (χ0n) is 14.5. The second-order valence-electron chi connectivity index (χ2n) is 6.66. The quantitative estimate of drug-likeness (QED) is 0.493. The fourth-order valence-electron chi connectivity index (χ4n) is 3.61. The second kappa shape index (κ2) is 7.24. The summed E-state index contributed by atoms with van der Waals surface area (Å²) in [5, 5.41) is 0.812. The average Bonchev–Trinajstić information content (AvgIpc) is 2.90. The molecule has 4 rings (SSSR count). The first-order chi connectivity index (χ1) is 12.7. The molecular formula is C22H20FNO2. The Kier molecular flexibility index (Phi) is 4.65. The lowest BCUT2D eigenvalue weighted by atomic mass is 9.97. The molecule has 4 heteroatoms. The van der Waals surface area contributed by atoms with Crippen LogP contribution in [0.5, 0.6) is 0 Å². The number of carbonyl (C=O) groups is 1. The number of carbonyl (C=O) groups excluding carboxylic acids is 1. The topological polar surface area (TPSA) is 39.2 Å². The molecule has 2 aromatic carbocycles. The average molecular weight is 349 g/mol. The number of pyridine rings is 1. The maximum atomic E-state index is 13.8. The van der Waals surface area contributed by atoms with Crippen LogP contribution in [0.25, 0.3) is 10.9 Å². The minimum atomic E-state index is -0.398. The fourth-order valence-corrected chi connectivity index (χ4v) is 3.61. The number of para-hydroxylation sites is 1. The minimum absolute atomic E-state index is 0.0725. The van der Waals surface area contributed by atoms with Crippen LogP contribution in [0, 0.1) is 5.82 Å². The second-order valence-corrected chi connectivity index (χ2v) is 6.66. The molecule has 1 aliphatic carbocycles. The molecule has 0 amide bonds. The number of hydrogen-bond donors (Lipinski definition) is 0. The summed E-state index contributed by atoms with van der Waals surface area (Å²) in [4.78, 5) is 17.7. The Balaban J connectivity index is 1.73. The number of benzene rings is 2. The van der Waals surface area contributed by atoms with Gasteiger partial charge in [0.1, 0.15) is 12.4 Å². The van der Waals surface area contributed by atoms with Gasteiger partial charge in [-0.2, -0.15) is 0 Å². The highest BCUT2D eigenvalue weighted by atomic mass is 19.1. The maximum absolute atomic E-state index is 13.8. The van der Waals surface area contributed by atoms with Crippen LogP contribution in [0.1, 0.15) is 46.4 Å². The summed E-state index contributed by atoms with van der Waals surface area (Å²) in [6, 6.07) is 14.0. The van der Waals surface area contributed by atoms with E-state index in [1.165, 1.54) is 6.07 Å². The van der Waals surface area contributed by atoms with E-state index in [2.05, 4.69) is 0 Å². The number of aryl methyl sites for hydroxylation is 1. The molecule has 0 atom stereocenters. The van der Waals surface area contributed by atoms with Gasteiger partial charge in [0.25, 0.3) is 0 Å². The van der Waals surface area contributed by atoms with Crippen molar-refractivity contribution < 1.29 is 13.9 Å². The van der Waals surface area contributed by atoms with Crippen molar-refractivity contribution in [1.82, 2.24) is 4.98 Å². The van der Waals surface area contributed by atoms with Gasteiger partial charge in [0.05, 0.1) is 11.1 Å². The van der Waals surface area contributed by atoms with Crippen molar-refractivity contribution in [2.45, 2.75) is 38.7 Å². The van der Waals surface area contributed by atoms with E-state index in [-0.39, 0.29) is 12.4 Å². The van der Waals surface area contributed by atoms with E-state index < -0.39 is 5.97 Å². The van der Waals surface area contributed by atoms with Crippen LogP contribution >= 0.6 is 0 Å².